The topological polar surface area (TPSA) is 199 Å². The zero-order valence-electron chi connectivity index (χ0n) is 19.0. The van der Waals surface area contributed by atoms with E-state index < -0.39 is 16.1 Å². The molecule has 16 nitrogen and oxygen atoms in total. The van der Waals surface area contributed by atoms with Gasteiger partial charge in [-0.2, -0.15) is 0 Å². The molecule has 0 spiro atoms. The third-order valence-corrected chi connectivity index (χ3v) is 4.60. The van der Waals surface area contributed by atoms with Gasteiger partial charge < -0.3 is 37.2 Å². The molecule has 1 aliphatic heterocycles. The average molecular weight is 637 g/mol. The van der Waals surface area contributed by atoms with E-state index in [9.17, 15) is 13.0 Å². The van der Waals surface area contributed by atoms with Gasteiger partial charge in [-0.3, -0.25) is 0 Å². The van der Waals surface area contributed by atoms with Crippen molar-refractivity contribution in [3.63, 3.8) is 0 Å². The van der Waals surface area contributed by atoms with E-state index in [0.717, 1.165) is 12.1 Å². The molecule has 5 rings (SSSR count). The smallest absolute Gasteiger partial charge is 0.716 e. The van der Waals surface area contributed by atoms with Crippen molar-refractivity contribution in [2.24, 2.45) is 0 Å². The Morgan fingerprint density at radius 1 is 0.658 bits per heavy atom. The third-order valence-electron chi connectivity index (χ3n) is 4.21. The fourth-order valence-corrected chi connectivity index (χ4v) is 3.19. The molecule has 2 aromatic heterocycles. The maximum atomic E-state index is 11.2. The van der Waals surface area contributed by atoms with Crippen LogP contribution in [0.5, 0.6) is 64.8 Å². The molecule has 3 heterocycles. The summed E-state index contributed by atoms with van der Waals surface area (Å²) in [5.74, 6) is -0.142. The van der Waals surface area contributed by atoms with Gasteiger partial charge >= 0.3 is 58.4 Å². The van der Waals surface area contributed by atoms with E-state index in [4.69, 9.17) is 28.4 Å². The van der Waals surface area contributed by atoms with Crippen molar-refractivity contribution in [1.29, 1.82) is 0 Å². The van der Waals surface area contributed by atoms with Gasteiger partial charge in [-0.1, -0.05) is 6.07 Å². The summed E-state index contributed by atoms with van der Waals surface area (Å²) >= 11 is 0. The van der Waals surface area contributed by atoms with Crippen LogP contribution < -0.4 is 32.6 Å². The van der Waals surface area contributed by atoms with Crippen molar-refractivity contribution in [2.75, 3.05) is 14.2 Å². The standard InChI is InChI=1S/C20H14N6O10S.Ag/c1-30-15-21-17-25-19(23-15)34-12-7-13(9-14(8-12)36-37(27,28)29)35-20-24-16(31-2)22-18(26-20)33-11-5-3-4-10(6-11)32-17;/h3-9H,1-2H3,(H,27,28,29);/q;+1/p-1. The molecule has 0 amide bonds. The molecule has 1 aliphatic rings. The van der Waals surface area contributed by atoms with Crippen LogP contribution in [0.2, 0.25) is 0 Å². The molecule has 4 aromatic rings. The first-order chi connectivity index (χ1) is 17.7. The van der Waals surface area contributed by atoms with Crippen molar-refractivity contribution in [1.82, 2.24) is 29.9 Å². The Balaban J connectivity index is 0.00000336. The van der Waals surface area contributed by atoms with Crippen molar-refractivity contribution in [2.45, 2.75) is 0 Å². The van der Waals surface area contributed by atoms with Crippen LogP contribution in [-0.2, 0) is 32.8 Å². The zero-order valence-corrected chi connectivity index (χ0v) is 21.3. The van der Waals surface area contributed by atoms with Crippen molar-refractivity contribution in [3.05, 3.63) is 42.5 Å². The van der Waals surface area contributed by atoms with Crippen LogP contribution in [0.3, 0.4) is 0 Å². The number of nitrogens with zero attached hydrogens (tertiary/aromatic N) is 6. The summed E-state index contributed by atoms with van der Waals surface area (Å²) < 4.78 is 70.9. The van der Waals surface area contributed by atoms with Crippen LogP contribution in [-0.4, -0.2) is 57.1 Å². The van der Waals surface area contributed by atoms with Gasteiger partial charge in [0.2, 0.25) is 0 Å². The van der Waals surface area contributed by atoms with E-state index in [1.807, 2.05) is 0 Å². The van der Waals surface area contributed by atoms with Gasteiger partial charge in [0.1, 0.15) is 28.7 Å². The van der Waals surface area contributed by atoms with Gasteiger partial charge in [-0.05, 0) is 12.1 Å². The van der Waals surface area contributed by atoms with E-state index in [1.54, 1.807) is 18.2 Å². The number of aromatic nitrogens is 6. The van der Waals surface area contributed by atoms with Crippen molar-refractivity contribution < 1.29 is 68.0 Å². The van der Waals surface area contributed by atoms with Crippen LogP contribution in [0.4, 0.5) is 0 Å². The summed E-state index contributed by atoms with van der Waals surface area (Å²) in [6.07, 6.45) is 0. The second-order valence-electron chi connectivity index (χ2n) is 6.79. The Bertz CT molecular complexity index is 1500. The number of rotatable bonds is 4. The maximum Gasteiger partial charge on any atom is 1.00 e. The molecule has 0 aliphatic carbocycles. The minimum Gasteiger partial charge on any atom is -0.716 e. The second-order valence-corrected chi connectivity index (χ2v) is 7.77. The van der Waals surface area contributed by atoms with Crippen LogP contribution in [0.25, 0.3) is 0 Å². The molecule has 0 radical (unpaired) electrons. The summed E-state index contributed by atoms with van der Waals surface area (Å²) in [7, 11) is -2.51. The fraction of sp³-hybridized carbons (Fsp3) is 0.100. The molecule has 18 heteroatoms. The number of hydrogen-bond acceptors (Lipinski definition) is 16. The zero-order chi connectivity index (χ0) is 26.0. The largest absolute Gasteiger partial charge is 1.00 e. The Labute approximate surface area is 229 Å². The van der Waals surface area contributed by atoms with Crippen LogP contribution in [0, 0.1) is 0 Å². The molecular weight excluding hydrogens is 624 g/mol. The van der Waals surface area contributed by atoms with Gasteiger partial charge in [0.05, 0.1) is 14.2 Å². The fourth-order valence-electron chi connectivity index (χ4n) is 2.86. The monoisotopic (exact) mass is 636 g/mol. The van der Waals surface area contributed by atoms with Crippen LogP contribution in [0.15, 0.2) is 42.5 Å². The van der Waals surface area contributed by atoms with Gasteiger partial charge in [0.15, 0.2) is 0 Å². The first-order valence-electron chi connectivity index (χ1n) is 9.97. The SMILES string of the molecule is COc1nc2nc(n1)Oc1cc(cc(OS(=O)(=O)[O-])c1)Oc1nc(OC)nc(n1)Oc1cccc(c1)O2.[Ag+]. The van der Waals surface area contributed by atoms with E-state index in [0.29, 0.717) is 0 Å². The number of hydrogen-bond donors (Lipinski definition) is 0. The first kappa shape index (κ1) is 26.8. The molecule has 0 atom stereocenters. The third kappa shape index (κ3) is 6.72. The predicted octanol–water partition coefficient (Wildman–Crippen LogP) is 2.39. The molecule has 38 heavy (non-hydrogen) atoms. The molecule has 0 saturated carbocycles. The quantitative estimate of drug-likeness (QED) is 0.158. The Hall–Kier alpha value is -4.29. The number of fused-ring (bicyclic) bond motifs is 8. The molecule has 200 valence electrons. The summed E-state index contributed by atoms with van der Waals surface area (Å²) in [6, 6.07) is 8.45. The van der Waals surface area contributed by atoms with Crippen molar-refractivity contribution >= 4 is 10.4 Å². The average Bonchev–Trinajstić information content (AvgIpc) is 2.82. The van der Waals surface area contributed by atoms with Crippen LogP contribution >= 0.6 is 0 Å². The van der Waals surface area contributed by atoms with Crippen LogP contribution in [0.1, 0.15) is 0 Å². The minimum atomic E-state index is -5.15. The molecular formula is C20H13AgN6O10S. The Kier molecular flexibility index (Phi) is 7.74. The van der Waals surface area contributed by atoms with Gasteiger partial charge in [0, 0.05) is 24.3 Å². The normalized spacial score (nSPS) is 11.9. The minimum absolute atomic E-state index is 0. The number of benzene rings is 2. The summed E-state index contributed by atoms with van der Waals surface area (Å²) in [4.78, 5) is 24.1. The van der Waals surface area contributed by atoms with Gasteiger partial charge in [-0.25, -0.2) is 8.42 Å². The van der Waals surface area contributed by atoms with Crippen molar-refractivity contribution in [3.8, 4) is 64.8 Å². The summed E-state index contributed by atoms with van der Waals surface area (Å²) in [6.45, 7) is 0. The molecule has 0 unspecified atom stereocenters. The Morgan fingerprint density at radius 3 is 1.45 bits per heavy atom. The molecule has 0 saturated heterocycles. The van der Waals surface area contributed by atoms with Gasteiger partial charge in [-0.15, -0.1) is 29.9 Å². The van der Waals surface area contributed by atoms with E-state index in [2.05, 4.69) is 34.1 Å². The number of ether oxygens (including phenoxy) is 6. The van der Waals surface area contributed by atoms with E-state index >= 15 is 0 Å². The molecule has 0 fully saturated rings. The molecule has 2 aromatic carbocycles. The summed E-state index contributed by atoms with van der Waals surface area (Å²) in [5.41, 5.74) is 0. The first-order valence-corrected chi connectivity index (χ1v) is 11.3. The van der Waals surface area contributed by atoms with Gasteiger partial charge in [0.25, 0.3) is 10.4 Å². The van der Waals surface area contributed by atoms with E-state index in [1.165, 1.54) is 26.4 Å². The predicted molar refractivity (Wildman–Crippen MR) is 116 cm³/mol. The second kappa shape index (κ2) is 11.0. The van der Waals surface area contributed by atoms with E-state index in [-0.39, 0.29) is 81.4 Å². The summed E-state index contributed by atoms with van der Waals surface area (Å²) in [5, 5.41) is 0. The number of methoxy groups -OCH3 is 2. The molecule has 0 N–H and O–H groups in total. The molecule has 8 bridgehead atoms. The Morgan fingerprint density at radius 2 is 1.05 bits per heavy atom. The maximum absolute atomic E-state index is 11.2.